The van der Waals surface area contributed by atoms with Crippen molar-refractivity contribution in [2.75, 3.05) is 6.54 Å². The van der Waals surface area contributed by atoms with Gasteiger partial charge in [-0.25, -0.2) is 4.79 Å². The van der Waals surface area contributed by atoms with E-state index in [1.807, 2.05) is 0 Å². The van der Waals surface area contributed by atoms with E-state index in [1.165, 1.54) is 12.1 Å². The lowest BCUT2D eigenvalue weighted by Gasteiger charge is -2.19. The predicted octanol–water partition coefficient (Wildman–Crippen LogP) is 2.58. The maximum Gasteiger partial charge on any atom is 0.416 e. The zero-order valence-electron chi connectivity index (χ0n) is 14.6. The van der Waals surface area contributed by atoms with Gasteiger partial charge < -0.3 is 10.6 Å². The van der Waals surface area contributed by atoms with Crippen LogP contribution in [0.4, 0.5) is 18.0 Å². The third-order valence-corrected chi connectivity index (χ3v) is 5.01. The van der Waals surface area contributed by atoms with Gasteiger partial charge in [0.2, 0.25) is 5.91 Å². The minimum Gasteiger partial charge on any atom is -0.352 e. The topological polar surface area (TPSA) is 78.5 Å². The summed E-state index contributed by atoms with van der Waals surface area (Å²) in [5, 5.41) is 5.25. The lowest BCUT2D eigenvalue weighted by atomic mass is 9.98. The van der Waals surface area contributed by atoms with E-state index in [2.05, 4.69) is 10.6 Å². The van der Waals surface area contributed by atoms with Gasteiger partial charge in [-0.2, -0.15) is 13.2 Å². The molecule has 1 aromatic carbocycles. The van der Waals surface area contributed by atoms with Crippen LogP contribution in [-0.4, -0.2) is 34.8 Å². The van der Waals surface area contributed by atoms with E-state index in [1.54, 1.807) is 0 Å². The van der Waals surface area contributed by atoms with Crippen molar-refractivity contribution in [3.05, 3.63) is 35.4 Å². The highest BCUT2D eigenvalue weighted by Gasteiger charge is 2.52. The number of carbonyl (C=O) groups excluding carboxylic acids is 3. The molecule has 0 bridgehead atoms. The van der Waals surface area contributed by atoms with Gasteiger partial charge in [0, 0.05) is 19.5 Å². The fourth-order valence-corrected chi connectivity index (χ4v) is 3.56. The van der Waals surface area contributed by atoms with Gasteiger partial charge in [0.1, 0.15) is 5.54 Å². The normalized spacial score (nSPS) is 18.9. The summed E-state index contributed by atoms with van der Waals surface area (Å²) in [4.78, 5) is 37.5. The van der Waals surface area contributed by atoms with Crippen molar-refractivity contribution in [3.8, 4) is 0 Å². The molecule has 1 aliphatic heterocycles. The third kappa shape index (κ3) is 4.06. The summed E-state index contributed by atoms with van der Waals surface area (Å²) in [5.74, 6) is -0.740. The number of imide groups is 1. The number of carbonyl (C=O) groups is 3. The van der Waals surface area contributed by atoms with Crippen LogP contribution in [-0.2, 0) is 22.3 Å². The van der Waals surface area contributed by atoms with Crippen LogP contribution in [0.1, 0.15) is 43.2 Å². The first-order chi connectivity index (χ1) is 12.7. The Morgan fingerprint density at radius 2 is 1.93 bits per heavy atom. The van der Waals surface area contributed by atoms with Crippen LogP contribution < -0.4 is 10.6 Å². The Morgan fingerprint density at radius 1 is 1.22 bits per heavy atom. The molecule has 1 saturated carbocycles. The molecule has 3 rings (SSSR count). The molecule has 0 unspecified atom stereocenters. The fourth-order valence-electron chi connectivity index (χ4n) is 3.56. The monoisotopic (exact) mass is 383 g/mol. The van der Waals surface area contributed by atoms with E-state index in [0.717, 1.165) is 29.9 Å². The molecule has 1 heterocycles. The standard InChI is InChI=1S/C18H20F3N3O3/c19-18(20,21)13-5-3-4-12(10-13)11-22-14(25)6-9-24-15(26)17(23-16(24)27)7-1-2-8-17/h3-5,10H,1-2,6-9,11H2,(H,22,25)(H,23,27). The maximum absolute atomic E-state index is 12.7. The number of nitrogens with zero attached hydrogens (tertiary/aromatic N) is 1. The zero-order valence-corrected chi connectivity index (χ0v) is 14.6. The van der Waals surface area contributed by atoms with Crippen LogP contribution >= 0.6 is 0 Å². The first kappa shape index (κ1) is 19.2. The number of urea groups is 1. The van der Waals surface area contributed by atoms with Crippen molar-refractivity contribution < 1.29 is 27.6 Å². The van der Waals surface area contributed by atoms with Crippen molar-refractivity contribution in [3.63, 3.8) is 0 Å². The molecule has 1 aromatic rings. The van der Waals surface area contributed by atoms with Crippen molar-refractivity contribution in [2.24, 2.45) is 0 Å². The minimum atomic E-state index is -4.44. The molecule has 0 radical (unpaired) electrons. The number of amides is 4. The van der Waals surface area contributed by atoms with Crippen molar-refractivity contribution >= 4 is 17.8 Å². The van der Waals surface area contributed by atoms with Gasteiger partial charge in [-0.1, -0.05) is 25.0 Å². The van der Waals surface area contributed by atoms with Crippen LogP contribution in [0.3, 0.4) is 0 Å². The summed E-state index contributed by atoms with van der Waals surface area (Å²) in [6.07, 6.45) is -1.59. The second-order valence-electron chi connectivity index (χ2n) is 6.90. The van der Waals surface area contributed by atoms with Crippen molar-refractivity contribution in [1.82, 2.24) is 15.5 Å². The number of hydrogen-bond acceptors (Lipinski definition) is 3. The van der Waals surface area contributed by atoms with Gasteiger partial charge in [0.05, 0.1) is 5.56 Å². The number of benzene rings is 1. The quantitative estimate of drug-likeness (QED) is 0.767. The molecule has 1 spiro atoms. The van der Waals surface area contributed by atoms with Crippen LogP contribution in [0.25, 0.3) is 0 Å². The fraction of sp³-hybridized carbons (Fsp3) is 0.500. The Morgan fingerprint density at radius 3 is 2.59 bits per heavy atom. The molecule has 9 heteroatoms. The first-order valence-electron chi connectivity index (χ1n) is 8.78. The average Bonchev–Trinajstić information content (AvgIpc) is 3.17. The SMILES string of the molecule is O=C(CCN1C(=O)NC2(CCCC2)C1=O)NCc1cccc(C(F)(F)F)c1. The van der Waals surface area contributed by atoms with E-state index < -0.39 is 29.2 Å². The Labute approximate surface area is 154 Å². The molecule has 146 valence electrons. The van der Waals surface area contributed by atoms with Crippen LogP contribution in [0.5, 0.6) is 0 Å². The summed E-state index contributed by atoms with van der Waals surface area (Å²) in [5.41, 5.74) is -1.28. The molecule has 2 aliphatic rings. The van der Waals surface area contributed by atoms with E-state index in [-0.39, 0.29) is 25.4 Å². The highest BCUT2D eigenvalue weighted by Crippen LogP contribution is 2.35. The van der Waals surface area contributed by atoms with Gasteiger partial charge in [0.15, 0.2) is 0 Å². The number of halogens is 3. The van der Waals surface area contributed by atoms with Crippen molar-refractivity contribution in [1.29, 1.82) is 0 Å². The zero-order chi connectivity index (χ0) is 19.7. The Hall–Kier alpha value is -2.58. The number of rotatable bonds is 5. The lowest BCUT2D eigenvalue weighted by Crippen LogP contribution is -2.44. The Kier molecular flexibility index (Phi) is 5.12. The second-order valence-corrected chi connectivity index (χ2v) is 6.90. The smallest absolute Gasteiger partial charge is 0.352 e. The van der Waals surface area contributed by atoms with E-state index >= 15 is 0 Å². The average molecular weight is 383 g/mol. The van der Waals surface area contributed by atoms with Gasteiger partial charge in [-0.3, -0.25) is 14.5 Å². The number of alkyl halides is 3. The van der Waals surface area contributed by atoms with E-state index in [0.29, 0.717) is 18.4 Å². The van der Waals surface area contributed by atoms with Gasteiger partial charge in [-0.15, -0.1) is 0 Å². The van der Waals surface area contributed by atoms with Gasteiger partial charge in [-0.05, 0) is 30.5 Å². The molecule has 0 atom stereocenters. The molecule has 0 aromatic heterocycles. The molecular formula is C18H20F3N3O3. The summed E-state index contributed by atoms with van der Waals surface area (Å²) in [7, 11) is 0. The summed E-state index contributed by atoms with van der Waals surface area (Å²) in [6.45, 7) is -0.117. The number of nitrogens with one attached hydrogen (secondary N) is 2. The molecule has 2 N–H and O–H groups in total. The molecule has 4 amide bonds. The molecule has 6 nitrogen and oxygen atoms in total. The number of hydrogen-bond donors (Lipinski definition) is 2. The van der Waals surface area contributed by atoms with E-state index in [9.17, 15) is 27.6 Å². The molecule has 2 fully saturated rings. The first-order valence-corrected chi connectivity index (χ1v) is 8.78. The predicted molar refractivity (Wildman–Crippen MR) is 89.4 cm³/mol. The summed E-state index contributed by atoms with van der Waals surface area (Å²) >= 11 is 0. The third-order valence-electron chi connectivity index (χ3n) is 5.01. The van der Waals surface area contributed by atoms with Gasteiger partial charge in [0.25, 0.3) is 5.91 Å². The summed E-state index contributed by atoms with van der Waals surface area (Å²) < 4.78 is 38.1. The Bertz CT molecular complexity index is 758. The summed E-state index contributed by atoms with van der Waals surface area (Å²) in [6, 6.07) is 4.20. The second kappa shape index (κ2) is 7.21. The van der Waals surface area contributed by atoms with Crippen LogP contribution in [0.2, 0.25) is 0 Å². The highest BCUT2D eigenvalue weighted by atomic mass is 19.4. The van der Waals surface area contributed by atoms with E-state index in [4.69, 9.17) is 0 Å². The highest BCUT2D eigenvalue weighted by molar-refractivity contribution is 6.07. The Balaban J connectivity index is 1.50. The molecule has 1 saturated heterocycles. The van der Waals surface area contributed by atoms with Crippen LogP contribution in [0, 0.1) is 0 Å². The molecule has 27 heavy (non-hydrogen) atoms. The minimum absolute atomic E-state index is 0.0547. The molecular weight excluding hydrogens is 363 g/mol. The maximum atomic E-state index is 12.7. The largest absolute Gasteiger partial charge is 0.416 e. The van der Waals surface area contributed by atoms with Gasteiger partial charge >= 0.3 is 12.2 Å². The van der Waals surface area contributed by atoms with Crippen molar-refractivity contribution in [2.45, 2.75) is 50.4 Å². The van der Waals surface area contributed by atoms with Crippen LogP contribution in [0.15, 0.2) is 24.3 Å². The molecule has 1 aliphatic carbocycles. The lowest BCUT2D eigenvalue weighted by molar-refractivity contribution is -0.137.